The molecule has 0 radical (unpaired) electrons. The largest absolute Gasteiger partial charge is 2.00 e. The molecule has 0 amide bonds. The predicted octanol–water partition coefficient (Wildman–Crippen LogP) is -7.44. The van der Waals surface area contributed by atoms with Crippen LogP contribution in [0, 0.1) is 0 Å². The van der Waals surface area contributed by atoms with Crippen LogP contribution in [-0.4, -0.2) is 43.2 Å². The molecule has 0 rings (SSSR count). The van der Waals surface area contributed by atoms with Crippen molar-refractivity contribution in [2.45, 2.75) is 0 Å². The molecule has 0 unspecified atom stereocenters. The van der Waals surface area contributed by atoms with Gasteiger partial charge in [0.15, 0.2) is 0 Å². The Kier molecular flexibility index (Phi) is 328. The Balaban J connectivity index is 0. The van der Waals surface area contributed by atoms with Crippen LogP contribution < -0.4 is 80.9 Å². The van der Waals surface area contributed by atoms with Crippen molar-refractivity contribution in [3.63, 3.8) is 0 Å². The van der Waals surface area contributed by atoms with Crippen molar-refractivity contribution in [3.8, 4) is 0 Å². The zero-order valence-corrected chi connectivity index (χ0v) is 11.4. The smallest absolute Gasteiger partial charge is 2.00 e. The standard InChI is InChI=1S/Ca.K.Na.H2O.2O/h;;;1H2;;/q+2;2*+1;;2*-2. The Bertz CT molecular complexity index is 10.8. The van der Waals surface area contributed by atoms with Gasteiger partial charge in [0.1, 0.15) is 0 Å². The Hall–Kier alpha value is 3.78. The molecule has 0 heterocycles. The summed E-state index contributed by atoms with van der Waals surface area (Å²) in [5.41, 5.74) is 0. The van der Waals surface area contributed by atoms with Crippen molar-refractivity contribution in [1.29, 1.82) is 0 Å². The molecule has 0 aliphatic heterocycles. The van der Waals surface area contributed by atoms with Gasteiger partial charge in [0.2, 0.25) is 0 Å². The third kappa shape index (κ3) is 25.0. The van der Waals surface area contributed by atoms with Crippen LogP contribution in [0.2, 0.25) is 0 Å². The Labute approximate surface area is 131 Å². The van der Waals surface area contributed by atoms with E-state index < -0.39 is 0 Å². The minimum Gasteiger partial charge on any atom is -2.00 e. The van der Waals surface area contributed by atoms with E-state index in [1.807, 2.05) is 0 Å². The van der Waals surface area contributed by atoms with E-state index in [9.17, 15) is 0 Å². The zero-order valence-electron chi connectivity index (χ0n) is 4.02. The minimum absolute atomic E-state index is 0. The third-order valence-electron chi connectivity index (χ3n) is 0. The summed E-state index contributed by atoms with van der Waals surface area (Å²) >= 11 is 0. The molecule has 24 valence electrons. The maximum Gasteiger partial charge on any atom is 2.00 e. The van der Waals surface area contributed by atoms with Crippen molar-refractivity contribution in [3.05, 3.63) is 0 Å². The quantitative estimate of drug-likeness (QED) is 0.309. The Morgan fingerprint density at radius 2 is 0.833 bits per heavy atom. The van der Waals surface area contributed by atoms with E-state index >= 15 is 0 Å². The second kappa shape index (κ2) is 37.2. The van der Waals surface area contributed by atoms with Gasteiger partial charge in [0.25, 0.3) is 0 Å². The SMILES string of the molecule is O.[Ca+2].[K+].[Na+].[O-2].[O-2]. The summed E-state index contributed by atoms with van der Waals surface area (Å²) in [5, 5.41) is 0. The van der Waals surface area contributed by atoms with E-state index in [1.165, 1.54) is 0 Å². The van der Waals surface area contributed by atoms with Gasteiger partial charge >= 0.3 is 119 Å². The molecule has 0 saturated heterocycles. The molecule has 0 aromatic carbocycles. The van der Waals surface area contributed by atoms with Gasteiger partial charge in [-0.3, -0.25) is 0 Å². The van der Waals surface area contributed by atoms with Crippen molar-refractivity contribution < 1.29 is 97.4 Å². The van der Waals surface area contributed by atoms with Gasteiger partial charge in [-0.25, -0.2) is 0 Å². The summed E-state index contributed by atoms with van der Waals surface area (Å²) in [6, 6.07) is 0. The average Bonchev–Trinajstić information content (AvgIpc) is 0. The van der Waals surface area contributed by atoms with Crippen LogP contribution in [0.25, 0.3) is 0 Å². The molecule has 3 nitrogen and oxygen atoms in total. The van der Waals surface area contributed by atoms with Gasteiger partial charge in [-0.15, -0.1) is 0 Å². The first kappa shape index (κ1) is 52.8. The summed E-state index contributed by atoms with van der Waals surface area (Å²) < 4.78 is 0. The van der Waals surface area contributed by atoms with E-state index in [0.29, 0.717) is 0 Å². The molecule has 0 aromatic rings. The second-order valence-corrected chi connectivity index (χ2v) is 0. The molecular weight excluding hydrogens is 150 g/mol. The van der Waals surface area contributed by atoms with Crippen molar-refractivity contribution in [2.75, 3.05) is 0 Å². The summed E-state index contributed by atoms with van der Waals surface area (Å²) in [5.74, 6) is 0. The van der Waals surface area contributed by atoms with E-state index in [-0.39, 0.29) is 135 Å². The van der Waals surface area contributed by atoms with Gasteiger partial charge < -0.3 is 16.4 Å². The van der Waals surface area contributed by atoms with Crippen molar-refractivity contribution in [1.82, 2.24) is 0 Å². The second-order valence-electron chi connectivity index (χ2n) is 0. The Morgan fingerprint density at radius 1 is 0.833 bits per heavy atom. The van der Waals surface area contributed by atoms with Crippen LogP contribution in [0.1, 0.15) is 0 Å². The molecule has 0 bridgehead atoms. The van der Waals surface area contributed by atoms with Crippen LogP contribution in [-0.2, 0) is 11.0 Å². The van der Waals surface area contributed by atoms with Gasteiger partial charge in [-0.05, 0) is 0 Å². The van der Waals surface area contributed by atoms with Gasteiger partial charge in [-0.1, -0.05) is 0 Å². The monoisotopic (exact) mass is 152 g/mol. The number of hydrogen-bond donors (Lipinski definition) is 0. The normalized spacial score (nSPS) is 0. The van der Waals surface area contributed by atoms with Crippen LogP contribution in [0.5, 0.6) is 0 Å². The zero-order chi connectivity index (χ0) is 0. The summed E-state index contributed by atoms with van der Waals surface area (Å²) in [6.07, 6.45) is 0. The van der Waals surface area contributed by atoms with Gasteiger partial charge in [0, 0.05) is 0 Å². The fourth-order valence-electron chi connectivity index (χ4n) is 0. The third-order valence-corrected chi connectivity index (χ3v) is 0. The van der Waals surface area contributed by atoms with E-state index in [0.717, 1.165) is 0 Å². The summed E-state index contributed by atoms with van der Waals surface area (Å²) in [6.45, 7) is 0. The summed E-state index contributed by atoms with van der Waals surface area (Å²) in [4.78, 5) is 0. The molecule has 6 heavy (non-hydrogen) atoms. The maximum atomic E-state index is 0. The maximum absolute atomic E-state index is 0. The molecule has 0 atom stereocenters. The topological polar surface area (TPSA) is 88.5 Å². The molecule has 6 heteroatoms. The van der Waals surface area contributed by atoms with Gasteiger partial charge in [-0.2, -0.15) is 0 Å². The molecule has 0 saturated carbocycles. The molecule has 0 fully saturated rings. The fourth-order valence-corrected chi connectivity index (χ4v) is 0. The van der Waals surface area contributed by atoms with Crippen molar-refractivity contribution >= 4 is 37.7 Å². The molecule has 0 spiro atoms. The van der Waals surface area contributed by atoms with Crippen LogP contribution in [0.15, 0.2) is 0 Å². The van der Waals surface area contributed by atoms with Gasteiger partial charge in [0.05, 0.1) is 0 Å². The van der Waals surface area contributed by atoms with Crippen LogP contribution >= 0.6 is 0 Å². The summed E-state index contributed by atoms with van der Waals surface area (Å²) in [7, 11) is 0. The first-order chi connectivity index (χ1) is 0. The molecule has 2 N–H and O–H groups in total. The van der Waals surface area contributed by atoms with E-state index in [1.54, 1.807) is 0 Å². The van der Waals surface area contributed by atoms with E-state index in [4.69, 9.17) is 0 Å². The molecule has 0 aromatic heterocycles. The fraction of sp³-hybridized carbons (Fsp3) is 0. The first-order valence-corrected chi connectivity index (χ1v) is 0. The molecule has 0 aliphatic carbocycles. The number of rotatable bonds is 0. The van der Waals surface area contributed by atoms with Crippen LogP contribution in [0.4, 0.5) is 0 Å². The van der Waals surface area contributed by atoms with E-state index in [2.05, 4.69) is 0 Å². The first-order valence-electron chi connectivity index (χ1n) is 0. The minimum atomic E-state index is 0. The molecular formula is H2CaKNaO3. The number of hydrogen-bond acceptors (Lipinski definition) is 0. The Morgan fingerprint density at radius 3 is 0.833 bits per heavy atom. The van der Waals surface area contributed by atoms with Crippen LogP contribution in [0.3, 0.4) is 0 Å². The molecule has 0 aliphatic rings. The predicted molar refractivity (Wildman–Crippen MR) is 10.7 cm³/mol. The average molecular weight is 152 g/mol. The van der Waals surface area contributed by atoms with Crippen molar-refractivity contribution in [2.24, 2.45) is 0 Å².